The SMILES string of the molecule is CC1(N2C(=O)c3ccc(C(=O)N4CCCN(c5ccncc5)CC4)cc3C2=O)CCC(=O)NC1=O. The van der Waals surface area contributed by atoms with Crippen molar-refractivity contribution in [3.05, 3.63) is 59.4 Å². The molecule has 3 aliphatic rings. The van der Waals surface area contributed by atoms with Gasteiger partial charge in [-0.05, 0) is 50.1 Å². The lowest BCUT2D eigenvalue weighted by atomic mass is 9.89. The Morgan fingerprint density at radius 3 is 2.43 bits per heavy atom. The first-order valence-corrected chi connectivity index (χ1v) is 11.6. The van der Waals surface area contributed by atoms with Gasteiger partial charge in [0.2, 0.25) is 5.91 Å². The summed E-state index contributed by atoms with van der Waals surface area (Å²) in [4.78, 5) is 72.7. The number of benzene rings is 1. The quantitative estimate of drug-likeness (QED) is 0.663. The average molecular weight is 476 g/mol. The average Bonchev–Trinajstić information content (AvgIpc) is 3.01. The Hall–Kier alpha value is -4.08. The predicted molar refractivity (Wildman–Crippen MR) is 125 cm³/mol. The minimum Gasteiger partial charge on any atom is -0.370 e. The number of aromatic nitrogens is 1. The highest BCUT2D eigenvalue weighted by Gasteiger charge is 2.52. The number of carbonyl (C=O) groups excluding carboxylic acids is 5. The standard InChI is InChI=1S/C25H25N5O5/c1-25(8-5-20(31)27-24(25)35)30-22(33)18-4-3-16(15-19(18)23(30)34)21(32)29-12-2-11-28(13-14-29)17-6-9-26-10-7-17/h3-4,6-7,9-10,15H,2,5,8,11-14H2,1H3,(H,27,31,35). The lowest BCUT2D eigenvalue weighted by Gasteiger charge is -2.38. The zero-order valence-electron chi connectivity index (χ0n) is 19.3. The van der Waals surface area contributed by atoms with Crippen LogP contribution in [0.15, 0.2) is 42.7 Å². The van der Waals surface area contributed by atoms with E-state index >= 15 is 0 Å². The Kier molecular flexibility index (Phi) is 5.58. The molecule has 5 amide bonds. The van der Waals surface area contributed by atoms with Crippen LogP contribution in [0.3, 0.4) is 0 Å². The van der Waals surface area contributed by atoms with E-state index in [1.54, 1.807) is 23.4 Å². The number of rotatable bonds is 3. The molecule has 1 N–H and O–H groups in total. The van der Waals surface area contributed by atoms with Crippen LogP contribution in [0.5, 0.6) is 0 Å². The van der Waals surface area contributed by atoms with Crippen LogP contribution in [0, 0.1) is 0 Å². The van der Waals surface area contributed by atoms with E-state index in [-0.39, 0.29) is 29.9 Å². The van der Waals surface area contributed by atoms with Gasteiger partial charge in [0.15, 0.2) is 0 Å². The number of hydrogen-bond donors (Lipinski definition) is 1. The fourth-order valence-electron chi connectivity index (χ4n) is 4.95. The Balaban J connectivity index is 1.35. The fraction of sp³-hybridized carbons (Fsp3) is 0.360. The summed E-state index contributed by atoms with van der Waals surface area (Å²) in [7, 11) is 0. The highest BCUT2D eigenvalue weighted by molar-refractivity contribution is 6.24. The summed E-state index contributed by atoms with van der Waals surface area (Å²) in [6.45, 7) is 4.04. The molecule has 2 aromatic rings. The lowest BCUT2D eigenvalue weighted by Crippen LogP contribution is -2.62. The molecule has 10 heteroatoms. The van der Waals surface area contributed by atoms with Crippen LogP contribution < -0.4 is 10.2 Å². The molecule has 5 rings (SSSR count). The highest BCUT2D eigenvalue weighted by atomic mass is 16.2. The molecule has 1 aromatic heterocycles. The smallest absolute Gasteiger partial charge is 0.262 e. The third-order valence-corrected chi connectivity index (χ3v) is 7.02. The minimum absolute atomic E-state index is 0.0326. The predicted octanol–water partition coefficient (Wildman–Crippen LogP) is 1.23. The van der Waals surface area contributed by atoms with Crippen molar-refractivity contribution in [1.82, 2.24) is 20.1 Å². The third kappa shape index (κ3) is 3.84. The van der Waals surface area contributed by atoms with Crippen molar-refractivity contribution < 1.29 is 24.0 Å². The van der Waals surface area contributed by atoms with Gasteiger partial charge >= 0.3 is 0 Å². The normalized spacial score (nSPS) is 22.7. The van der Waals surface area contributed by atoms with Gasteiger partial charge in [0.25, 0.3) is 23.6 Å². The molecule has 1 unspecified atom stereocenters. The Labute approximate surface area is 201 Å². The van der Waals surface area contributed by atoms with Gasteiger partial charge < -0.3 is 9.80 Å². The Bertz CT molecular complexity index is 1250. The van der Waals surface area contributed by atoms with E-state index in [4.69, 9.17) is 0 Å². The molecule has 2 saturated heterocycles. The number of piperidine rings is 1. The molecule has 0 saturated carbocycles. The number of nitrogens with zero attached hydrogens (tertiary/aromatic N) is 4. The van der Waals surface area contributed by atoms with Gasteiger partial charge in [0.05, 0.1) is 11.1 Å². The van der Waals surface area contributed by atoms with Crippen molar-refractivity contribution in [3.8, 4) is 0 Å². The number of carbonyl (C=O) groups is 5. The van der Waals surface area contributed by atoms with Gasteiger partial charge in [-0.2, -0.15) is 0 Å². The molecule has 10 nitrogen and oxygen atoms in total. The maximum Gasteiger partial charge on any atom is 0.262 e. The van der Waals surface area contributed by atoms with E-state index in [0.29, 0.717) is 25.2 Å². The van der Waals surface area contributed by atoms with Crippen molar-refractivity contribution in [2.45, 2.75) is 31.7 Å². The molecule has 0 radical (unpaired) electrons. The number of fused-ring (bicyclic) bond motifs is 1. The molecule has 180 valence electrons. The number of amides is 5. The second-order valence-electron chi connectivity index (χ2n) is 9.20. The number of anilines is 1. The van der Waals surface area contributed by atoms with E-state index in [1.807, 2.05) is 12.1 Å². The first kappa shape index (κ1) is 22.7. The summed E-state index contributed by atoms with van der Waals surface area (Å²) in [5, 5.41) is 2.22. The zero-order chi connectivity index (χ0) is 24.7. The molecule has 3 aliphatic heterocycles. The maximum absolute atomic E-state index is 13.3. The van der Waals surface area contributed by atoms with Crippen molar-refractivity contribution in [2.75, 3.05) is 31.1 Å². The van der Waals surface area contributed by atoms with Crippen LogP contribution in [0.25, 0.3) is 0 Å². The molecule has 4 heterocycles. The summed E-state index contributed by atoms with van der Waals surface area (Å²) in [6, 6.07) is 8.34. The van der Waals surface area contributed by atoms with E-state index in [1.165, 1.54) is 19.1 Å². The van der Waals surface area contributed by atoms with E-state index < -0.39 is 29.2 Å². The van der Waals surface area contributed by atoms with Crippen molar-refractivity contribution in [1.29, 1.82) is 0 Å². The number of hydrogen-bond acceptors (Lipinski definition) is 7. The van der Waals surface area contributed by atoms with Crippen molar-refractivity contribution in [3.63, 3.8) is 0 Å². The zero-order valence-corrected chi connectivity index (χ0v) is 19.3. The largest absolute Gasteiger partial charge is 0.370 e. The highest BCUT2D eigenvalue weighted by Crippen LogP contribution is 2.34. The molecule has 0 bridgehead atoms. The van der Waals surface area contributed by atoms with Gasteiger partial charge in [0, 0.05) is 56.2 Å². The van der Waals surface area contributed by atoms with Crippen molar-refractivity contribution in [2.24, 2.45) is 0 Å². The molecule has 2 fully saturated rings. The monoisotopic (exact) mass is 475 g/mol. The minimum atomic E-state index is -1.47. The summed E-state index contributed by atoms with van der Waals surface area (Å²) in [6.07, 6.45) is 4.35. The van der Waals surface area contributed by atoms with Gasteiger partial charge in [-0.25, -0.2) is 0 Å². The summed E-state index contributed by atoms with van der Waals surface area (Å²) >= 11 is 0. The molecular weight excluding hydrogens is 450 g/mol. The third-order valence-electron chi connectivity index (χ3n) is 7.02. The first-order chi connectivity index (χ1) is 16.8. The number of pyridine rings is 1. The van der Waals surface area contributed by atoms with Gasteiger partial charge in [-0.3, -0.25) is 39.2 Å². The maximum atomic E-state index is 13.3. The van der Waals surface area contributed by atoms with Crippen molar-refractivity contribution >= 4 is 35.2 Å². The van der Waals surface area contributed by atoms with Crippen LogP contribution in [0.2, 0.25) is 0 Å². The van der Waals surface area contributed by atoms with Crippen LogP contribution in [-0.2, 0) is 9.59 Å². The lowest BCUT2D eigenvalue weighted by molar-refractivity contribution is -0.140. The van der Waals surface area contributed by atoms with E-state index in [2.05, 4.69) is 15.2 Å². The number of imide groups is 2. The molecular formula is C25H25N5O5. The van der Waals surface area contributed by atoms with E-state index in [0.717, 1.165) is 23.6 Å². The fourth-order valence-corrected chi connectivity index (χ4v) is 4.95. The van der Waals surface area contributed by atoms with Crippen LogP contribution in [-0.4, -0.2) is 76.0 Å². The topological polar surface area (TPSA) is 120 Å². The van der Waals surface area contributed by atoms with E-state index in [9.17, 15) is 24.0 Å². The van der Waals surface area contributed by atoms with Gasteiger partial charge in [-0.1, -0.05) is 0 Å². The summed E-state index contributed by atoms with van der Waals surface area (Å²) in [5.41, 5.74) is 0.152. The second-order valence-corrected chi connectivity index (χ2v) is 9.20. The summed E-state index contributed by atoms with van der Waals surface area (Å²) < 4.78 is 0. The first-order valence-electron chi connectivity index (χ1n) is 11.6. The van der Waals surface area contributed by atoms with Crippen LogP contribution in [0.1, 0.15) is 57.3 Å². The van der Waals surface area contributed by atoms with Gasteiger partial charge in [0.1, 0.15) is 5.54 Å². The summed E-state index contributed by atoms with van der Waals surface area (Å²) in [5.74, 6) is -2.56. The Morgan fingerprint density at radius 2 is 1.69 bits per heavy atom. The van der Waals surface area contributed by atoms with Crippen LogP contribution >= 0.6 is 0 Å². The Morgan fingerprint density at radius 1 is 0.943 bits per heavy atom. The molecule has 35 heavy (non-hydrogen) atoms. The molecule has 0 aliphatic carbocycles. The number of nitrogens with one attached hydrogen (secondary N) is 1. The molecule has 1 atom stereocenters. The second kappa shape index (κ2) is 8.61. The molecule has 1 aromatic carbocycles. The molecule has 0 spiro atoms. The van der Waals surface area contributed by atoms with Crippen LogP contribution in [0.4, 0.5) is 5.69 Å². The van der Waals surface area contributed by atoms with Gasteiger partial charge in [-0.15, -0.1) is 0 Å².